The highest BCUT2D eigenvalue weighted by Gasteiger charge is 2.01. The molecule has 2 nitrogen and oxygen atoms in total. The van der Waals surface area contributed by atoms with Gasteiger partial charge in [-0.15, -0.1) is 12.3 Å². The zero-order chi connectivity index (χ0) is 9.23. The zero-order valence-corrected chi connectivity index (χ0v) is 7.84. The number of aliphatic hydroxyl groups is 1. The van der Waals surface area contributed by atoms with Crippen LogP contribution < -0.4 is 5.32 Å². The third-order valence-corrected chi connectivity index (χ3v) is 1.87. The third-order valence-electron chi connectivity index (χ3n) is 1.87. The van der Waals surface area contributed by atoms with Crippen LogP contribution in [0.3, 0.4) is 0 Å². The lowest BCUT2D eigenvalue weighted by Gasteiger charge is -2.13. The Labute approximate surface area is 75.4 Å². The molecule has 2 N–H and O–H groups in total. The number of unbranched alkanes of at least 4 members (excludes halogenated alkanes) is 1. The van der Waals surface area contributed by atoms with Crippen LogP contribution in [0.15, 0.2) is 0 Å². The molecule has 0 aromatic heterocycles. The standard InChI is InChI=1S/C10H19NO/c1-3-7-10(4-2)11-8-5-6-9-12/h1,10-12H,4-9H2,2H3. The molecule has 0 spiro atoms. The minimum absolute atomic E-state index is 0.285. The summed E-state index contributed by atoms with van der Waals surface area (Å²) in [5.41, 5.74) is 0. The van der Waals surface area contributed by atoms with Gasteiger partial charge >= 0.3 is 0 Å². The molecule has 0 fully saturated rings. The largest absolute Gasteiger partial charge is 0.396 e. The summed E-state index contributed by atoms with van der Waals surface area (Å²) in [5, 5.41) is 11.9. The third kappa shape index (κ3) is 6.21. The first kappa shape index (κ1) is 11.5. The summed E-state index contributed by atoms with van der Waals surface area (Å²) >= 11 is 0. The Hall–Kier alpha value is -0.520. The molecule has 0 aromatic carbocycles. The molecule has 0 rings (SSSR count). The number of terminal acetylenes is 1. The van der Waals surface area contributed by atoms with Crippen molar-refractivity contribution in [1.82, 2.24) is 5.32 Å². The second kappa shape index (κ2) is 8.58. The first-order chi connectivity index (χ1) is 5.85. The van der Waals surface area contributed by atoms with Crippen LogP contribution in [0.4, 0.5) is 0 Å². The van der Waals surface area contributed by atoms with E-state index in [0.717, 1.165) is 32.2 Å². The maximum absolute atomic E-state index is 8.53. The van der Waals surface area contributed by atoms with E-state index in [9.17, 15) is 0 Å². The lowest BCUT2D eigenvalue weighted by atomic mass is 10.1. The fraction of sp³-hybridized carbons (Fsp3) is 0.800. The molecule has 2 heteroatoms. The molecular weight excluding hydrogens is 150 g/mol. The molecular formula is C10H19NO. The van der Waals surface area contributed by atoms with Gasteiger partial charge in [-0.3, -0.25) is 0 Å². The maximum atomic E-state index is 8.53. The predicted octanol–water partition coefficient (Wildman–Crippen LogP) is 1.15. The highest BCUT2D eigenvalue weighted by Crippen LogP contribution is 1.96. The molecule has 0 amide bonds. The fourth-order valence-electron chi connectivity index (χ4n) is 1.05. The summed E-state index contributed by atoms with van der Waals surface area (Å²) in [6.45, 7) is 3.37. The molecule has 0 aliphatic rings. The van der Waals surface area contributed by atoms with E-state index < -0.39 is 0 Å². The van der Waals surface area contributed by atoms with Crippen LogP contribution in [-0.4, -0.2) is 24.3 Å². The van der Waals surface area contributed by atoms with E-state index in [2.05, 4.69) is 18.2 Å². The fourth-order valence-corrected chi connectivity index (χ4v) is 1.05. The van der Waals surface area contributed by atoms with Crippen LogP contribution in [0.25, 0.3) is 0 Å². The highest BCUT2D eigenvalue weighted by atomic mass is 16.2. The Morgan fingerprint density at radius 2 is 2.25 bits per heavy atom. The monoisotopic (exact) mass is 169 g/mol. The van der Waals surface area contributed by atoms with Crippen molar-refractivity contribution in [1.29, 1.82) is 0 Å². The smallest absolute Gasteiger partial charge is 0.0431 e. The van der Waals surface area contributed by atoms with E-state index in [1.807, 2.05) is 0 Å². The van der Waals surface area contributed by atoms with Gasteiger partial charge in [-0.25, -0.2) is 0 Å². The van der Waals surface area contributed by atoms with Crippen molar-refractivity contribution in [3.63, 3.8) is 0 Å². The predicted molar refractivity (Wildman–Crippen MR) is 51.9 cm³/mol. The molecule has 0 saturated heterocycles. The summed E-state index contributed by atoms with van der Waals surface area (Å²) in [5.74, 6) is 2.65. The minimum Gasteiger partial charge on any atom is -0.396 e. The van der Waals surface area contributed by atoms with Crippen molar-refractivity contribution in [2.24, 2.45) is 0 Å². The minimum atomic E-state index is 0.285. The number of hydrogen-bond acceptors (Lipinski definition) is 2. The van der Waals surface area contributed by atoms with Crippen LogP contribution in [0.5, 0.6) is 0 Å². The SMILES string of the molecule is C#CCC(CC)NCCCCO. The summed E-state index contributed by atoms with van der Waals surface area (Å²) in [6, 6.07) is 0.452. The van der Waals surface area contributed by atoms with Gasteiger partial charge in [0, 0.05) is 19.1 Å². The van der Waals surface area contributed by atoms with Gasteiger partial charge in [0.15, 0.2) is 0 Å². The first-order valence-corrected chi connectivity index (χ1v) is 4.62. The number of rotatable bonds is 7. The zero-order valence-electron chi connectivity index (χ0n) is 7.84. The molecule has 0 aliphatic heterocycles. The molecule has 0 radical (unpaired) electrons. The number of hydrogen-bond donors (Lipinski definition) is 2. The number of aliphatic hydroxyl groups excluding tert-OH is 1. The molecule has 0 saturated carbocycles. The van der Waals surface area contributed by atoms with Crippen molar-refractivity contribution in [3.8, 4) is 12.3 Å². The summed E-state index contributed by atoms with van der Waals surface area (Å²) in [7, 11) is 0. The van der Waals surface area contributed by atoms with E-state index in [4.69, 9.17) is 11.5 Å². The quantitative estimate of drug-likeness (QED) is 0.442. The van der Waals surface area contributed by atoms with E-state index in [1.165, 1.54) is 0 Å². The second-order valence-corrected chi connectivity index (χ2v) is 2.90. The molecule has 0 bridgehead atoms. The van der Waals surface area contributed by atoms with Gasteiger partial charge < -0.3 is 10.4 Å². The van der Waals surface area contributed by atoms with Crippen molar-refractivity contribution in [2.75, 3.05) is 13.2 Å². The lowest BCUT2D eigenvalue weighted by Crippen LogP contribution is -2.28. The van der Waals surface area contributed by atoms with Gasteiger partial charge in [0.2, 0.25) is 0 Å². The Bertz CT molecular complexity index is 128. The average Bonchev–Trinajstić information content (AvgIpc) is 2.10. The molecule has 1 unspecified atom stereocenters. The summed E-state index contributed by atoms with van der Waals surface area (Å²) < 4.78 is 0. The van der Waals surface area contributed by atoms with Crippen molar-refractivity contribution < 1.29 is 5.11 Å². The van der Waals surface area contributed by atoms with Crippen molar-refractivity contribution in [2.45, 2.75) is 38.6 Å². The van der Waals surface area contributed by atoms with Crippen LogP contribution in [0.2, 0.25) is 0 Å². The lowest BCUT2D eigenvalue weighted by molar-refractivity contribution is 0.282. The summed E-state index contributed by atoms with van der Waals surface area (Å²) in [6.07, 6.45) is 8.98. The molecule has 12 heavy (non-hydrogen) atoms. The van der Waals surface area contributed by atoms with E-state index in [-0.39, 0.29) is 6.61 Å². The van der Waals surface area contributed by atoms with Gasteiger partial charge in [0.25, 0.3) is 0 Å². The highest BCUT2D eigenvalue weighted by molar-refractivity contribution is 4.89. The van der Waals surface area contributed by atoms with E-state index in [1.54, 1.807) is 0 Å². The topological polar surface area (TPSA) is 32.3 Å². The number of nitrogens with one attached hydrogen (secondary N) is 1. The van der Waals surface area contributed by atoms with Gasteiger partial charge in [-0.05, 0) is 25.8 Å². The van der Waals surface area contributed by atoms with Gasteiger partial charge in [0.05, 0.1) is 0 Å². The second-order valence-electron chi connectivity index (χ2n) is 2.90. The molecule has 1 atom stereocenters. The normalized spacial score (nSPS) is 12.4. The van der Waals surface area contributed by atoms with Crippen LogP contribution >= 0.6 is 0 Å². The Morgan fingerprint density at radius 1 is 1.50 bits per heavy atom. The molecule has 0 aromatic rings. The average molecular weight is 169 g/mol. The van der Waals surface area contributed by atoms with E-state index in [0.29, 0.717) is 6.04 Å². The Kier molecular flexibility index (Phi) is 8.20. The maximum Gasteiger partial charge on any atom is 0.0431 e. The van der Waals surface area contributed by atoms with Crippen LogP contribution in [-0.2, 0) is 0 Å². The van der Waals surface area contributed by atoms with Crippen molar-refractivity contribution >= 4 is 0 Å². The van der Waals surface area contributed by atoms with Crippen LogP contribution in [0, 0.1) is 12.3 Å². The van der Waals surface area contributed by atoms with Gasteiger partial charge in [0.1, 0.15) is 0 Å². The molecule has 0 heterocycles. The van der Waals surface area contributed by atoms with Crippen molar-refractivity contribution in [3.05, 3.63) is 0 Å². The Morgan fingerprint density at radius 3 is 2.75 bits per heavy atom. The molecule has 70 valence electrons. The first-order valence-electron chi connectivity index (χ1n) is 4.62. The Balaban J connectivity index is 3.26. The summed E-state index contributed by atoms with van der Waals surface area (Å²) in [4.78, 5) is 0. The van der Waals surface area contributed by atoms with E-state index >= 15 is 0 Å². The van der Waals surface area contributed by atoms with Gasteiger partial charge in [-0.2, -0.15) is 0 Å². The molecule has 0 aliphatic carbocycles. The van der Waals surface area contributed by atoms with Gasteiger partial charge in [-0.1, -0.05) is 6.92 Å². The van der Waals surface area contributed by atoms with Crippen LogP contribution in [0.1, 0.15) is 32.6 Å².